The summed E-state index contributed by atoms with van der Waals surface area (Å²) in [5.74, 6) is 0.0470. The molecule has 0 heterocycles. The fourth-order valence-corrected chi connectivity index (χ4v) is 2.18. The van der Waals surface area contributed by atoms with Crippen molar-refractivity contribution in [2.45, 2.75) is 19.8 Å². The number of unbranched alkanes of at least 4 members (excludes halogenated alkanes) is 1. The van der Waals surface area contributed by atoms with Crippen molar-refractivity contribution in [3.05, 3.63) is 28.2 Å². The fraction of sp³-hybridized carbons (Fsp3) is 0.462. The Morgan fingerprint density at radius 3 is 2.72 bits per heavy atom. The molecule has 0 amide bonds. The van der Waals surface area contributed by atoms with E-state index in [0.29, 0.717) is 12.1 Å². The maximum absolute atomic E-state index is 9.15. The first-order valence-corrected chi connectivity index (χ1v) is 6.89. The molecule has 0 saturated carbocycles. The number of benzene rings is 1. The van der Waals surface area contributed by atoms with Gasteiger partial charge in [0.05, 0.1) is 6.61 Å². The molecule has 1 rings (SSSR count). The van der Waals surface area contributed by atoms with Crippen molar-refractivity contribution in [1.82, 2.24) is 0 Å². The minimum Gasteiger partial charge on any atom is -0.395 e. The largest absolute Gasteiger partial charge is 0.395 e. The van der Waals surface area contributed by atoms with Gasteiger partial charge in [-0.15, -0.1) is 0 Å². The quantitative estimate of drug-likeness (QED) is 0.534. The van der Waals surface area contributed by atoms with Gasteiger partial charge in [-0.3, -0.25) is 5.41 Å². The standard InChI is InChI=1S/C13H20BrN3O/c1-2-3-6-17(7-8-18)12-5-4-10(14)9-11(12)13(15)16/h4-5,9,18H,2-3,6-8H2,1H3,(H3,15,16). The van der Waals surface area contributed by atoms with E-state index in [-0.39, 0.29) is 12.4 Å². The molecule has 0 unspecified atom stereocenters. The van der Waals surface area contributed by atoms with Crippen LogP contribution in [0.1, 0.15) is 25.3 Å². The second-order valence-corrected chi connectivity index (χ2v) is 5.06. The van der Waals surface area contributed by atoms with Gasteiger partial charge < -0.3 is 15.7 Å². The van der Waals surface area contributed by atoms with Crippen molar-refractivity contribution in [3.63, 3.8) is 0 Å². The van der Waals surface area contributed by atoms with Crippen LogP contribution >= 0.6 is 15.9 Å². The molecule has 0 spiro atoms. The predicted molar refractivity (Wildman–Crippen MR) is 79.4 cm³/mol. The van der Waals surface area contributed by atoms with Gasteiger partial charge in [0.1, 0.15) is 5.84 Å². The second kappa shape index (κ2) is 7.38. The summed E-state index contributed by atoms with van der Waals surface area (Å²) in [5.41, 5.74) is 7.23. The highest BCUT2D eigenvalue weighted by molar-refractivity contribution is 9.10. The highest BCUT2D eigenvalue weighted by Gasteiger charge is 2.12. The van der Waals surface area contributed by atoms with Crippen LogP contribution in [-0.2, 0) is 0 Å². The maximum atomic E-state index is 9.15. The first-order valence-electron chi connectivity index (χ1n) is 6.10. The van der Waals surface area contributed by atoms with Crippen molar-refractivity contribution < 1.29 is 5.11 Å². The molecule has 0 saturated heterocycles. The van der Waals surface area contributed by atoms with Crippen LogP contribution in [0.2, 0.25) is 0 Å². The van der Waals surface area contributed by atoms with Gasteiger partial charge in [0.2, 0.25) is 0 Å². The smallest absolute Gasteiger partial charge is 0.124 e. The number of hydrogen-bond donors (Lipinski definition) is 3. The SMILES string of the molecule is CCCCN(CCO)c1ccc(Br)cc1C(=N)N. The van der Waals surface area contributed by atoms with Crippen molar-refractivity contribution in [2.24, 2.45) is 5.73 Å². The molecule has 0 aliphatic carbocycles. The molecule has 4 nitrogen and oxygen atoms in total. The zero-order valence-corrected chi connectivity index (χ0v) is 12.2. The van der Waals surface area contributed by atoms with E-state index in [0.717, 1.165) is 29.5 Å². The Labute approximate surface area is 116 Å². The number of hydrogen-bond acceptors (Lipinski definition) is 3. The fourth-order valence-electron chi connectivity index (χ4n) is 1.82. The molecular weight excluding hydrogens is 294 g/mol. The van der Waals surface area contributed by atoms with E-state index in [1.54, 1.807) is 0 Å². The van der Waals surface area contributed by atoms with Gasteiger partial charge in [-0.2, -0.15) is 0 Å². The molecule has 1 aromatic carbocycles. The number of nitrogens with two attached hydrogens (primary N) is 1. The minimum atomic E-state index is 0.0470. The number of nitrogen functional groups attached to an aromatic ring is 1. The first kappa shape index (κ1) is 15.0. The molecule has 100 valence electrons. The van der Waals surface area contributed by atoms with E-state index in [9.17, 15) is 0 Å². The Hall–Kier alpha value is -1.07. The average molecular weight is 314 g/mol. The lowest BCUT2D eigenvalue weighted by atomic mass is 10.1. The Morgan fingerprint density at radius 2 is 2.17 bits per heavy atom. The number of halogens is 1. The molecule has 0 bridgehead atoms. The molecule has 0 aromatic heterocycles. The van der Waals surface area contributed by atoms with Crippen molar-refractivity contribution in [2.75, 3.05) is 24.6 Å². The van der Waals surface area contributed by atoms with Crippen molar-refractivity contribution in [3.8, 4) is 0 Å². The summed E-state index contributed by atoms with van der Waals surface area (Å²) in [7, 11) is 0. The Bertz CT molecular complexity index is 409. The molecule has 0 aliphatic rings. The summed E-state index contributed by atoms with van der Waals surface area (Å²) < 4.78 is 0.899. The van der Waals surface area contributed by atoms with Crippen LogP contribution in [0.15, 0.2) is 22.7 Å². The summed E-state index contributed by atoms with van der Waals surface area (Å²) in [6.45, 7) is 3.64. The van der Waals surface area contributed by atoms with Gasteiger partial charge in [0.25, 0.3) is 0 Å². The zero-order chi connectivity index (χ0) is 13.5. The van der Waals surface area contributed by atoms with E-state index < -0.39 is 0 Å². The normalized spacial score (nSPS) is 10.4. The third kappa shape index (κ3) is 3.99. The van der Waals surface area contributed by atoms with Crippen LogP contribution in [0, 0.1) is 5.41 Å². The highest BCUT2D eigenvalue weighted by atomic mass is 79.9. The van der Waals surface area contributed by atoms with E-state index >= 15 is 0 Å². The lowest BCUT2D eigenvalue weighted by molar-refractivity contribution is 0.301. The topological polar surface area (TPSA) is 73.3 Å². The third-order valence-corrected chi connectivity index (χ3v) is 3.23. The molecular formula is C13H20BrN3O. The van der Waals surface area contributed by atoms with Crippen LogP contribution in [0.4, 0.5) is 5.69 Å². The monoisotopic (exact) mass is 313 g/mol. The summed E-state index contributed by atoms with van der Waals surface area (Å²) >= 11 is 3.39. The number of amidine groups is 1. The number of aliphatic hydroxyl groups excluding tert-OH is 1. The molecule has 0 atom stereocenters. The van der Waals surface area contributed by atoms with E-state index in [1.165, 1.54) is 0 Å². The molecule has 0 fully saturated rings. The Morgan fingerprint density at radius 1 is 1.44 bits per heavy atom. The van der Waals surface area contributed by atoms with Gasteiger partial charge in [0.15, 0.2) is 0 Å². The van der Waals surface area contributed by atoms with E-state index in [4.69, 9.17) is 16.2 Å². The van der Waals surface area contributed by atoms with Crippen molar-refractivity contribution >= 4 is 27.5 Å². The lowest BCUT2D eigenvalue weighted by Gasteiger charge is -2.26. The van der Waals surface area contributed by atoms with Gasteiger partial charge in [0, 0.05) is 28.8 Å². The average Bonchev–Trinajstić information content (AvgIpc) is 2.34. The number of nitrogens with one attached hydrogen (secondary N) is 1. The van der Waals surface area contributed by atoms with Gasteiger partial charge in [-0.25, -0.2) is 0 Å². The van der Waals surface area contributed by atoms with Crippen molar-refractivity contribution in [1.29, 1.82) is 5.41 Å². The number of anilines is 1. The summed E-state index contributed by atoms with van der Waals surface area (Å²) in [4.78, 5) is 2.08. The summed E-state index contributed by atoms with van der Waals surface area (Å²) in [5, 5.41) is 16.8. The molecule has 1 aromatic rings. The summed E-state index contributed by atoms with van der Waals surface area (Å²) in [6.07, 6.45) is 2.14. The van der Waals surface area contributed by atoms with Gasteiger partial charge in [-0.1, -0.05) is 29.3 Å². The van der Waals surface area contributed by atoms with Crippen LogP contribution in [0.3, 0.4) is 0 Å². The second-order valence-electron chi connectivity index (χ2n) is 4.14. The number of aliphatic hydroxyl groups is 1. The Kier molecular flexibility index (Phi) is 6.15. The van der Waals surface area contributed by atoms with Crippen LogP contribution in [0.25, 0.3) is 0 Å². The van der Waals surface area contributed by atoms with Crippen LogP contribution in [0.5, 0.6) is 0 Å². The third-order valence-electron chi connectivity index (χ3n) is 2.74. The number of rotatable bonds is 7. The minimum absolute atomic E-state index is 0.0470. The lowest BCUT2D eigenvalue weighted by Crippen LogP contribution is -2.30. The zero-order valence-electron chi connectivity index (χ0n) is 10.6. The first-order chi connectivity index (χ1) is 8.60. The highest BCUT2D eigenvalue weighted by Crippen LogP contribution is 2.24. The summed E-state index contributed by atoms with van der Waals surface area (Å²) in [6, 6.07) is 5.71. The molecule has 0 radical (unpaired) electrons. The van der Waals surface area contributed by atoms with Crippen LogP contribution < -0.4 is 10.6 Å². The molecule has 5 heteroatoms. The van der Waals surface area contributed by atoms with E-state index in [2.05, 4.69) is 27.8 Å². The molecule has 0 aliphatic heterocycles. The molecule has 4 N–H and O–H groups in total. The Balaban J connectivity index is 3.05. The molecule has 18 heavy (non-hydrogen) atoms. The van der Waals surface area contributed by atoms with Gasteiger partial charge >= 0.3 is 0 Å². The van der Waals surface area contributed by atoms with Crippen LogP contribution in [-0.4, -0.2) is 30.6 Å². The maximum Gasteiger partial charge on any atom is 0.124 e. The predicted octanol–water partition coefficient (Wildman–Crippen LogP) is 2.33. The van der Waals surface area contributed by atoms with Gasteiger partial charge in [-0.05, 0) is 24.6 Å². The van der Waals surface area contributed by atoms with E-state index in [1.807, 2.05) is 18.2 Å². The number of nitrogens with zero attached hydrogens (tertiary/aromatic N) is 1.